The van der Waals surface area contributed by atoms with Crippen molar-refractivity contribution in [2.24, 2.45) is 0 Å². The van der Waals surface area contributed by atoms with E-state index in [0.29, 0.717) is 0 Å². The van der Waals surface area contributed by atoms with Gasteiger partial charge in [0.25, 0.3) is 5.91 Å². The fourth-order valence-electron chi connectivity index (χ4n) is 1.79. The fourth-order valence-corrected chi connectivity index (χ4v) is 1.79. The van der Waals surface area contributed by atoms with E-state index in [1.807, 2.05) is 0 Å². The number of phenolic OH excluding ortho intramolecular Hbond substituents is 1. The molecule has 23 heavy (non-hydrogen) atoms. The second-order valence-electron chi connectivity index (χ2n) is 5.14. The molecule has 0 saturated heterocycles. The minimum atomic E-state index is -1.20. The van der Waals surface area contributed by atoms with E-state index in [4.69, 9.17) is 9.47 Å². The normalized spacial score (nSPS) is 14.5. The number of aromatic hydroxyl groups is 1. The zero-order valence-corrected chi connectivity index (χ0v) is 12.8. The number of ether oxygens (including phenoxy) is 2. The number of urea groups is 1. The van der Waals surface area contributed by atoms with Gasteiger partial charge in [-0.15, -0.1) is 0 Å². The van der Waals surface area contributed by atoms with Crippen LogP contribution in [0, 0.1) is 0 Å². The summed E-state index contributed by atoms with van der Waals surface area (Å²) in [4.78, 5) is 35.3. The van der Waals surface area contributed by atoms with Crippen molar-refractivity contribution in [2.45, 2.75) is 31.9 Å². The summed E-state index contributed by atoms with van der Waals surface area (Å²) in [5.74, 6) is -1.91. The molecule has 0 bridgehead atoms. The van der Waals surface area contributed by atoms with Gasteiger partial charge in [0, 0.05) is 6.04 Å². The average molecular weight is 322 g/mol. The number of imide groups is 1. The molecule has 3 amide bonds. The number of para-hydroxylation sites is 1. The number of methoxy groups -OCH3 is 1. The first-order chi connectivity index (χ1) is 10.9. The van der Waals surface area contributed by atoms with Crippen molar-refractivity contribution in [1.29, 1.82) is 0 Å². The molecule has 3 N–H and O–H groups in total. The number of carbonyl (C=O) groups is 3. The molecule has 1 aromatic rings. The summed E-state index contributed by atoms with van der Waals surface area (Å²) < 4.78 is 9.85. The maximum atomic E-state index is 12.0. The van der Waals surface area contributed by atoms with Crippen LogP contribution in [0.5, 0.6) is 11.5 Å². The predicted octanol–water partition coefficient (Wildman–Crippen LogP) is 0.934. The topological polar surface area (TPSA) is 114 Å². The van der Waals surface area contributed by atoms with Crippen molar-refractivity contribution in [3.05, 3.63) is 23.8 Å². The van der Waals surface area contributed by atoms with Crippen LogP contribution in [-0.2, 0) is 9.53 Å². The van der Waals surface area contributed by atoms with Crippen molar-refractivity contribution >= 4 is 17.9 Å². The van der Waals surface area contributed by atoms with E-state index in [2.05, 4.69) is 10.6 Å². The minimum absolute atomic E-state index is 0.106. The lowest BCUT2D eigenvalue weighted by molar-refractivity contribution is -0.127. The quantitative estimate of drug-likeness (QED) is 0.695. The van der Waals surface area contributed by atoms with Crippen LogP contribution in [0.2, 0.25) is 0 Å². The van der Waals surface area contributed by atoms with Gasteiger partial charge in [-0.1, -0.05) is 6.07 Å². The van der Waals surface area contributed by atoms with Gasteiger partial charge in [0.2, 0.25) is 0 Å². The lowest BCUT2D eigenvalue weighted by Gasteiger charge is -2.14. The number of benzene rings is 1. The van der Waals surface area contributed by atoms with E-state index in [0.717, 1.165) is 12.8 Å². The molecule has 0 spiro atoms. The molecular weight excluding hydrogens is 304 g/mol. The van der Waals surface area contributed by atoms with E-state index >= 15 is 0 Å². The van der Waals surface area contributed by atoms with E-state index in [1.165, 1.54) is 32.2 Å². The highest BCUT2D eigenvalue weighted by Crippen LogP contribution is 2.29. The first-order valence-electron chi connectivity index (χ1n) is 7.10. The lowest BCUT2D eigenvalue weighted by Crippen LogP contribution is -2.45. The van der Waals surface area contributed by atoms with Gasteiger partial charge in [0.1, 0.15) is 5.56 Å². The maximum Gasteiger partial charge on any atom is 0.342 e. The smallest absolute Gasteiger partial charge is 0.342 e. The van der Waals surface area contributed by atoms with Gasteiger partial charge in [-0.3, -0.25) is 10.1 Å². The molecule has 0 heterocycles. The number of amides is 3. The van der Waals surface area contributed by atoms with E-state index in [9.17, 15) is 19.5 Å². The Kier molecular flexibility index (Phi) is 5.05. The molecule has 1 aliphatic rings. The summed E-state index contributed by atoms with van der Waals surface area (Å²) in [6, 6.07) is 3.80. The molecule has 2 rings (SSSR count). The summed E-state index contributed by atoms with van der Waals surface area (Å²) >= 11 is 0. The number of phenols is 1. The van der Waals surface area contributed by atoms with Gasteiger partial charge in [-0.25, -0.2) is 9.59 Å². The molecule has 0 aromatic heterocycles. The zero-order chi connectivity index (χ0) is 17.0. The first kappa shape index (κ1) is 16.6. The third kappa shape index (κ3) is 4.35. The SMILES string of the molecule is COc1cccc(C(=O)OC(C)C(=O)NC(=O)NC2CC2)c1O. The fraction of sp³-hybridized carbons (Fsp3) is 0.400. The molecule has 1 atom stereocenters. The predicted molar refractivity (Wildman–Crippen MR) is 79.2 cm³/mol. The Morgan fingerprint density at radius 2 is 2.00 bits per heavy atom. The van der Waals surface area contributed by atoms with Crippen molar-refractivity contribution in [3.63, 3.8) is 0 Å². The molecule has 8 nitrogen and oxygen atoms in total. The lowest BCUT2D eigenvalue weighted by atomic mass is 10.2. The molecule has 1 saturated carbocycles. The number of rotatable bonds is 5. The highest BCUT2D eigenvalue weighted by molar-refractivity contribution is 5.99. The van der Waals surface area contributed by atoms with Crippen molar-refractivity contribution in [1.82, 2.24) is 10.6 Å². The summed E-state index contributed by atoms with van der Waals surface area (Å²) in [5.41, 5.74) is -0.133. The van der Waals surface area contributed by atoms with Gasteiger partial charge in [0.05, 0.1) is 7.11 Å². The van der Waals surface area contributed by atoms with Crippen LogP contribution in [0.1, 0.15) is 30.1 Å². The molecule has 124 valence electrons. The summed E-state index contributed by atoms with van der Waals surface area (Å²) in [5, 5.41) is 14.5. The Morgan fingerprint density at radius 3 is 2.61 bits per heavy atom. The number of nitrogens with one attached hydrogen (secondary N) is 2. The van der Waals surface area contributed by atoms with Crippen LogP contribution in [0.25, 0.3) is 0 Å². The highest BCUT2D eigenvalue weighted by Gasteiger charge is 2.26. The summed E-state index contributed by atoms with van der Waals surface area (Å²) in [7, 11) is 1.35. The van der Waals surface area contributed by atoms with E-state index in [1.54, 1.807) is 0 Å². The summed E-state index contributed by atoms with van der Waals surface area (Å²) in [6.07, 6.45) is 0.584. The number of esters is 1. The van der Waals surface area contributed by atoms with Crippen LogP contribution in [0.4, 0.5) is 4.79 Å². The van der Waals surface area contributed by atoms with Crippen LogP contribution in [-0.4, -0.2) is 42.3 Å². The first-order valence-corrected chi connectivity index (χ1v) is 7.10. The van der Waals surface area contributed by atoms with E-state index in [-0.39, 0.29) is 23.1 Å². The van der Waals surface area contributed by atoms with Gasteiger partial charge >= 0.3 is 12.0 Å². The molecule has 1 fully saturated rings. The van der Waals surface area contributed by atoms with Crippen LogP contribution < -0.4 is 15.4 Å². The number of hydrogen-bond acceptors (Lipinski definition) is 6. The Bertz CT molecular complexity index is 626. The molecule has 1 aromatic carbocycles. The Labute approximate surface area is 132 Å². The van der Waals surface area contributed by atoms with Crippen LogP contribution in [0.3, 0.4) is 0 Å². The molecule has 0 radical (unpaired) electrons. The largest absolute Gasteiger partial charge is 0.504 e. The van der Waals surface area contributed by atoms with Gasteiger partial charge in [-0.05, 0) is 31.9 Å². The number of hydrogen-bond donors (Lipinski definition) is 3. The van der Waals surface area contributed by atoms with Crippen molar-refractivity contribution in [3.8, 4) is 11.5 Å². The molecular formula is C15H18N2O6. The molecule has 0 aliphatic heterocycles. The minimum Gasteiger partial charge on any atom is -0.504 e. The maximum absolute atomic E-state index is 12.0. The van der Waals surface area contributed by atoms with Gasteiger partial charge in [-0.2, -0.15) is 0 Å². The van der Waals surface area contributed by atoms with Crippen LogP contribution in [0.15, 0.2) is 18.2 Å². The molecule has 1 aliphatic carbocycles. The third-order valence-electron chi connectivity index (χ3n) is 3.24. The van der Waals surface area contributed by atoms with Crippen LogP contribution >= 0.6 is 0 Å². The van der Waals surface area contributed by atoms with Gasteiger partial charge in [0.15, 0.2) is 17.6 Å². The average Bonchev–Trinajstić information content (AvgIpc) is 3.30. The van der Waals surface area contributed by atoms with Crippen molar-refractivity contribution in [2.75, 3.05) is 7.11 Å². The number of carbonyl (C=O) groups excluding carboxylic acids is 3. The van der Waals surface area contributed by atoms with E-state index < -0.39 is 24.0 Å². The standard InChI is InChI=1S/C15H18N2O6/c1-8(13(19)17-15(21)16-9-6-7-9)23-14(20)10-4-3-5-11(22-2)12(10)18/h3-5,8-9,18H,6-7H2,1-2H3,(H2,16,17,19,21). The Hall–Kier alpha value is -2.77. The zero-order valence-electron chi connectivity index (χ0n) is 12.8. The highest BCUT2D eigenvalue weighted by atomic mass is 16.5. The third-order valence-corrected chi connectivity index (χ3v) is 3.24. The van der Waals surface area contributed by atoms with Crippen molar-refractivity contribution < 1.29 is 29.0 Å². The molecule has 8 heteroatoms. The summed E-state index contributed by atoms with van der Waals surface area (Å²) in [6.45, 7) is 1.33. The Morgan fingerprint density at radius 1 is 1.30 bits per heavy atom. The Balaban J connectivity index is 1.93. The second-order valence-corrected chi connectivity index (χ2v) is 5.14. The second kappa shape index (κ2) is 6.99. The molecule has 1 unspecified atom stereocenters. The van der Waals surface area contributed by atoms with Gasteiger partial charge < -0.3 is 19.9 Å². The monoisotopic (exact) mass is 322 g/mol.